The minimum Gasteiger partial charge on any atom is -0.385 e. The molecule has 84 valence electrons. The Morgan fingerprint density at radius 1 is 1.36 bits per heavy atom. The highest BCUT2D eigenvalue weighted by Crippen LogP contribution is 1.90. The van der Waals surface area contributed by atoms with E-state index in [0.29, 0.717) is 19.2 Å². The van der Waals surface area contributed by atoms with Crippen molar-refractivity contribution in [2.75, 3.05) is 20.3 Å². The Morgan fingerprint density at radius 3 is 2.50 bits per heavy atom. The van der Waals surface area contributed by atoms with Crippen molar-refractivity contribution in [2.24, 2.45) is 0 Å². The molecule has 1 atom stereocenters. The number of nitrogens with one attached hydrogen (secondary N) is 2. The molecule has 0 aromatic rings. The van der Waals surface area contributed by atoms with Crippen molar-refractivity contribution in [3.8, 4) is 0 Å². The lowest BCUT2D eigenvalue weighted by atomic mass is 10.2. The minimum absolute atomic E-state index is 0.0438. The van der Waals surface area contributed by atoms with E-state index in [1.165, 1.54) is 0 Å². The second-order valence-corrected chi connectivity index (χ2v) is 3.79. The van der Waals surface area contributed by atoms with Crippen molar-refractivity contribution in [3.05, 3.63) is 0 Å². The van der Waals surface area contributed by atoms with Gasteiger partial charge in [0.15, 0.2) is 0 Å². The van der Waals surface area contributed by atoms with Gasteiger partial charge in [-0.15, -0.1) is 0 Å². The molecule has 0 spiro atoms. The molecule has 4 heteroatoms. The van der Waals surface area contributed by atoms with Crippen LogP contribution in [0.2, 0.25) is 0 Å². The molecular weight excluding hydrogens is 180 g/mol. The summed E-state index contributed by atoms with van der Waals surface area (Å²) in [5.41, 5.74) is 0. The smallest absolute Gasteiger partial charge is 0.234 e. The molecule has 0 aromatic carbocycles. The summed E-state index contributed by atoms with van der Waals surface area (Å²) in [5.74, 6) is 0.0438. The van der Waals surface area contributed by atoms with Gasteiger partial charge in [-0.05, 0) is 13.3 Å². The molecule has 0 aliphatic carbocycles. The zero-order valence-corrected chi connectivity index (χ0v) is 9.59. The van der Waals surface area contributed by atoms with Crippen LogP contribution >= 0.6 is 0 Å². The molecule has 0 aliphatic rings. The third-order valence-electron chi connectivity index (χ3n) is 1.83. The number of amides is 1. The van der Waals surface area contributed by atoms with Gasteiger partial charge in [-0.3, -0.25) is 4.79 Å². The molecule has 0 saturated carbocycles. The van der Waals surface area contributed by atoms with Gasteiger partial charge in [0, 0.05) is 25.8 Å². The van der Waals surface area contributed by atoms with Crippen LogP contribution in [-0.4, -0.2) is 38.3 Å². The van der Waals surface area contributed by atoms with Gasteiger partial charge < -0.3 is 15.4 Å². The van der Waals surface area contributed by atoms with E-state index >= 15 is 0 Å². The molecule has 0 radical (unpaired) electrons. The highest BCUT2D eigenvalue weighted by atomic mass is 16.5. The first-order chi connectivity index (χ1) is 6.56. The predicted molar refractivity (Wildman–Crippen MR) is 57.2 cm³/mol. The van der Waals surface area contributed by atoms with Crippen LogP contribution in [0.3, 0.4) is 0 Å². The second-order valence-electron chi connectivity index (χ2n) is 3.79. The van der Waals surface area contributed by atoms with Crippen LogP contribution in [0.25, 0.3) is 0 Å². The number of carbonyl (C=O) groups excluding carboxylic acids is 1. The second kappa shape index (κ2) is 7.76. The summed E-state index contributed by atoms with van der Waals surface area (Å²) >= 11 is 0. The molecule has 0 aromatic heterocycles. The molecule has 1 unspecified atom stereocenters. The first kappa shape index (κ1) is 13.4. The van der Waals surface area contributed by atoms with Gasteiger partial charge >= 0.3 is 0 Å². The van der Waals surface area contributed by atoms with Gasteiger partial charge in [-0.1, -0.05) is 13.8 Å². The molecule has 0 heterocycles. The van der Waals surface area contributed by atoms with Crippen molar-refractivity contribution in [2.45, 2.75) is 39.3 Å². The normalized spacial score (nSPS) is 12.9. The SMILES string of the molecule is COCCC(C)NC(=O)CNC(C)C. The average Bonchev–Trinajstić information content (AvgIpc) is 2.11. The van der Waals surface area contributed by atoms with Gasteiger partial charge in [0.05, 0.1) is 6.54 Å². The lowest BCUT2D eigenvalue weighted by molar-refractivity contribution is -0.121. The number of ether oxygens (including phenoxy) is 1. The zero-order valence-electron chi connectivity index (χ0n) is 9.59. The first-order valence-corrected chi connectivity index (χ1v) is 5.08. The molecule has 0 fully saturated rings. The van der Waals surface area contributed by atoms with Gasteiger partial charge in [0.25, 0.3) is 0 Å². The Bertz CT molecular complexity index is 160. The summed E-state index contributed by atoms with van der Waals surface area (Å²) in [6.07, 6.45) is 0.851. The Hall–Kier alpha value is -0.610. The number of hydrogen-bond donors (Lipinski definition) is 2. The largest absolute Gasteiger partial charge is 0.385 e. The fraction of sp³-hybridized carbons (Fsp3) is 0.900. The standard InChI is InChI=1S/C10H22N2O2/c1-8(2)11-7-10(13)12-9(3)5-6-14-4/h8-9,11H,5-7H2,1-4H3,(H,12,13). The lowest BCUT2D eigenvalue weighted by Gasteiger charge is -2.14. The molecule has 0 aliphatic heterocycles. The summed E-state index contributed by atoms with van der Waals surface area (Å²) in [5, 5.41) is 5.95. The van der Waals surface area contributed by atoms with Crippen LogP contribution in [0.4, 0.5) is 0 Å². The van der Waals surface area contributed by atoms with Crippen LogP contribution < -0.4 is 10.6 Å². The summed E-state index contributed by atoms with van der Waals surface area (Å²) in [6, 6.07) is 0.520. The summed E-state index contributed by atoms with van der Waals surface area (Å²) in [7, 11) is 1.66. The molecule has 0 rings (SSSR count). The van der Waals surface area contributed by atoms with E-state index < -0.39 is 0 Å². The maximum atomic E-state index is 11.3. The van der Waals surface area contributed by atoms with Gasteiger partial charge in [0.2, 0.25) is 5.91 Å². The third kappa shape index (κ3) is 8.01. The van der Waals surface area contributed by atoms with Crippen molar-refractivity contribution in [1.29, 1.82) is 0 Å². The number of hydrogen-bond acceptors (Lipinski definition) is 3. The van der Waals surface area contributed by atoms with Crippen molar-refractivity contribution in [1.82, 2.24) is 10.6 Å². The molecule has 1 amide bonds. The Morgan fingerprint density at radius 2 is 2.00 bits per heavy atom. The third-order valence-corrected chi connectivity index (χ3v) is 1.83. The van der Waals surface area contributed by atoms with E-state index in [1.807, 2.05) is 20.8 Å². The van der Waals surface area contributed by atoms with Crippen molar-refractivity contribution < 1.29 is 9.53 Å². The number of rotatable bonds is 7. The van der Waals surface area contributed by atoms with Crippen molar-refractivity contribution in [3.63, 3.8) is 0 Å². The minimum atomic E-state index is 0.0438. The van der Waals surface area contributed by atoms with E-state index in [1.54, 1.807) is 7.11 Å². The van der Waals surface area contributed by atoms with Gasteiger partial charge in [0.1, 0.15) is 0 Å². The fourth-order valence-electron chi connectivity index (χ4n) is 0.989. The molecular formula is C10H22N2O2. The van der Waals surface area contributed by atoms with Crippen LogP contribution in [0, 0.1) is 0 Å². The molecule has 2 N–H and O–H groups in total. The lowest BCUT2D eigenvalue weighted by Crippen LogP contribution is -2.41. The molecule has 14 heavy (non-hydrogen) atoms. The highest BCUT2D eigenvalue weighted by Gasteiger charge is 2.06. The van der Waals surface area contributed by atoms with E-state index in [0.717, 1.165) is 6.42 Å². The predicted octanol–water partition coefficient (Wildman–Crippen LogP) is 0.526. The maximum Gasteiger partial charge on any atom is 0.234 e. The molecule has 0 bridgehead atoms. The Kier molecular flexibility index (Phi) is 7.42. The summed E-state index contributed by atoms with van der Waals surface area (Å²) in [4.78, 5) is 11.3. The van der Waals surface area contributed by atoms with E-state index in [-0.39, 0.29) is 11.9 Å². The van der Waals surface area contributed by atoms with Crippen LogP contribution in [-0.2, 0) is 9.53 Å². The fourth-order valence-corrected chi connectivity index (χ4v) is 0.989. The summed E-state index contributed by atoms with van der Waals surface area (Å²) in [6.45, 7) is 7.07. The monoisotopic (exact) mass is 202 g/mol. The Labute approximate surface area is 86.4 Å². The average molecular weight is 202 g/mol. The first-order valence-electron chi connectivity index (χ1n) is 5.08. The highest BCUT2D eigenvalue weighted by molar-refractivity contribution is 5.78. The summed E-state index contributed by atoms with van der Waals surface area (Å²) < 4.78 is 4.93. The van der Waals surface area contributed by atoms with E-state index in [4.69, 9.17) is 4.74 Å². The number of carbonyl (C=O) groups is 1. The topological polar surface area (TPSA) is 50.4 Å². The quantitative estimate of drug-likeness (QED) is 0.633. The molecule has 0 saturated heterocycles. The van der Waals surface area contributed by atoms with Crippen LogP contribution in [0.5, 0.6) is 0 Å². The van der Waals surface area contributed by atoms with Crippen molar-refractivity contribution >= 4 is 5.91 Å². The molecule has 4 nitrogen and oxygen atoms in total. The Balaban J connectivity index is 3.50. The van der Waals surface area contributed by atoms with Crippen LogP contribution in [0.15, 0.2) is 0 Å². The number of methoxy groups -OCH3 is 1. The zero-order chi connectivity index (χ0) is 11.0. The maximum absolute atomic E-state index is 11.3. The van der Waals surface area contributed by atoms with Gasteiger partial charge in [-0.25, -0.2) is 0 Å². The van der Waals surface area contributed by atoms with E-state index in [2.05, 4.69) is 10.6 Å². The van der Waals surface area contributed by atoms with Crippen LogP contribution in [0.1, 0.15) is 27.2 Å². The van der Waals surface area contributed by atoms with Gasteiger partial charge in [-0.2, -0.15) is 0 Å². The van der Waals surface area contributed by atoms with E-state index in [9.17, 15) is 4.79 Å².